The standard InChI is InChI=1S/C14H23N3OS/c1-4-7-17-10-13(11(2)15-17)14(18)16(3)12-5-8-19-9-6-12/h10,12H,4-9H2,1-3H3. The Morgan fingerprint density at radius 1 is 1.53 bits per heavy atom. The average Bonchev–Trinajstić information content (AvgIpc) is 2.79. The lowest BCUT2D eigenvalue weighted by atomic mass is 10.1. The normalized spacial score (nSPS) is 16.6. The maximum absolute atomic E-state index is 12.5. The monoisotopic (exact) mass is 281 g/mol. The van der Waals surface area contributed by atoms with E-state index >= 15 is 0 Å². The van der Waals surface area contributed by atoms with Gasteiger partial charge in [0.05, 0.1) is 11.3 Å². The molecule has 1 amide bonds. The highest BCUT2D eigenvalue weighted by molar-refractivity contribution is 7.99. The molecule has 1 aliphatic rings. The van der Waals surface area contributed by atoms with Gasteiger partial charge in [-0.05, 0) is 37.7 Å². The van der Waals surface area contributed by atoms with E-state index < -0.39 is 0 Å². The molecule has 2 heterocycles. The van der Waals surface area contributed by atoms with Crippen molar-refractivity contribution in [2.75, 3.05) is 18.6 Å². The Bertz CT molecular complexity index is 438. The van der Waals surface area contributed by atoms with Gasteiger partial charge < -0.3 is 4.90 Å². The summed E-state index contributed by atoms with van der Waals surface area (Å²) in [5.41, 5.74) is 1.60. The van der Waals surface area contributed by atoms with Crippen LogP contribution in [-0.2, 0) is 6.54 Å². The van der Waals surface area contributed by atoms with Crippen LogP contribution in [0.3, 0.4) is 0 Å². The molecule has 5 heteroatoms. The molecular weight excluding hydrogens is 258 g/mol. The first-order valence-electron chi connectivity index (χ1n) is 7.02. The minimum Gasteiger partial charge on any atom is -0.339 e. The molecule has 106 valence electrons. The topological polar surface area (TPSA) is 38.1 Å². The summed E-state index contributed by atoms with van der Waals surface area (Å²) in [5, 5.41) is 4.41. The van der Waals surface area contributed by atoms with Crippen molar-refractivity contribution in [2.24, 2.45) is 0 Å². The third kappa shape index (κ3) is 3.32. The van der Waals surface area contributed by atoms with Gasteiger partial charge in [-0.25, -0.2) is 0 Å². The number of aromatic nitrogens is 2. The third-order valence-electron chi connectivity index (χ3n) is 3.69. The maximum atomic E-state index is 12.5. The highest BCUT2D eigenvalue weighted by Crippen LogP contribution is 2.22. The Kier molecular flexibility index (Phi) is 4.91. The maximum Gasteiger partial charge on any atom is 0.257 e. The molecular formula is C14H23N3OS. The molecule has 2 rings (SSSR count). The Labute approximate surface area is 119 Å². The number of rotatable bonds is 4. The molecule has 0 atom stereocenters. The third-order valence-corrected chi connectivity index (χ3v) is 4.74. The largest absolute Gasteiger partial charge is 0.339 e. The van der Waals surface area contributed by atoms with Crippen LogP contribution in [0.15, 0.2) is 6.20 Å². The predicted octanol–water partition coefficient (Wildman–Crippen LogP) is 2.57. The first-order chi connectivity index (χ1) is 9.13. The Balaban J connectivity index is 2.09. The molecule has 1 aromatic heterocycles. The van der Waals surface area contributed by atoms with Gasteiger partial charge in [0.1, 0.15) is 0 Å². The molecule has 0 N–H and O–H groups in total. The van der Waals surface area contributed by atoms with E-state index in [2.05, 4.69) is 12.0 Å². The van der Waals surface area contributed by atoms with Gasteiger partial charge in [-0.1, -0.05) is 6.92 Å². The summed E-state index contributed by atoms with van der Waals surface area (Å²) in [5.74, 6) is 2.45. The van der Waals surface area contributed by atoms with E-state index in [1.807, 2.05) is 41.5 Å². The molecule has 4 nitrogen and oxygen atoms in total. The summed E-state index contributed by atoms with van der Waals surface area (Å²) < 4.78 is 1.88. The van der Waals surface area contributed by atoms with Crippen LogP contribution in [0, 0.1) is 6.92 Å². The van der Waals surface area contributed by atoms with Crippen LogP contribution < -0.4 is 0 Å². The number of nitrogens with zero attached hydrogens (tertiary/aromatic N) is 3. The fraction of sp³-hybridized carbons (Fsp3) is 0.714. The number of hydrogen-bond acceptors (Lipinski definition) is 3. The SMILES string of the molecule is CCCn1cc(C(=O)N(C)C2CCSCC2)c(C)n1. The molecule has 0 unspecified atom stereocenters. The van der Waals surface area contributed by atoms with Crippen molar-refractivity contribution < 1.29 is 4.79 Å². The molecule has 0 saturated carbocycles. The summed E-state index contributed by atoms with van der Waals surface area (Å²) in [6, 6.07) is 0.391. The van der Waals surface area contributed by atoms with Crippen LogP contribution in [-0.4, -0.2) is 45.2 Å². The summed E-state index contributed by atoms with van der Waals surface area (Å²) in [6.45, 7) is 4.91. The first-order valence-corrected chi connectivity index (χ1v) is 8.18. The van der Waals surface area contributed by atoms with Gasteiger partial charge in [0.15, 0.2) is 0 Å². The molecule has 0 bridgehead atoms. The predicted molar refractivity (Wildman–Crippen MR) is 79.7 cm³/mol. The molecule has 0 spiro atoms. The van der Waals surface area contributed by atoms with Crippen LogP contribution in [0.1, 0.15) is 42.2 Å². The second-order valence-electron chi connectivity index (χ2n) is 5.15. The molecule has 1 fully saturated rings. The highest BCUT2D eigenvalue weighted by Gasteiger charge is 2.25. The van der Waals surface area contributed by atoms with Crippen LogP contribution >= 0.6 is 11.8 Å². The number of hydrogen-bond donors (Lipinski definition) is 0. The summed E-state index contributed by atoms with van der Waals surface area (Å²) >= 11 is 1.98. The van der Waals surface area contributed by atoms with Crippen LogP contribution in [0.5, 0.6) is 0 Å². The lowest BCUT2D eigenvalue weighted by Gasteiger charge is -2.30. The van der Waals surface area contributed by atoms with Gasteiger partial charge in [0.2, 0.25) is 0 Å². The summed E-state index contributed by atoms with van der Waals surface area (Å²) in [7, 11) is 1.93. The molecule has 19 heavy (non-hydrogen) atoms. The molecule has 0 aliphatic carbocycles. The zero-order valence-electron chi connectivity index (χ0n) is 12.1. The van der Waals surface area contributed by atoms with E-state index in [1.54, 1.807) is 0 Å². The summed E-state index contributed by atoms with van der Waals surface area (Å²) in [4.78, 5) is 14.5. The minimum absolute atomic E-state index is 0.122. The van der Waals surface area contributed by atoms with Crippen molar-refractivity contribution >= 4 is 17.7 Å². The molecule has 0 radical (unpaired) electrons. The van der Waals surface area contributed by atoms with E-state index in [-0.39, 0.29) is 5.91 Å². The Morgan fingerprint density at radius 3 is 2.84 bits per heavy atom. The minimum atomic E-state index is 0.122. The number of carbonyl (C=O) groups excluding carboxylic acids is 1. The second kappa shape index (κ2) is 6.46. The zero-order chi connectivity index (χ0) is 13.8. The molecule has 1 aromatic rings. The zero-order valence-corrected chi connectivity index (χ0v) is 12.9. The van der Waals surface area contributed by atoms with Gasteiger partial charge in [-0.15, -0.1) is 0 Å². The van der Waals surface area contributed by atoms with Crippen molar-refractivity contribution in [3.63, 3.8) is 0 Å². The lowest BCUT2D eigenvalue weighted by Crippen LogP contribution is -2.39. The number of aryl methyl sites for hydroxylation is 2. The van der Waals surface area contributed by atoms with E-state index in [9.17, 15) is 4.79 Å². The quantitative estimate of drug-likeness (QED) is 0.851. The van der Waals surface area contributed by atoms with Crippen molar-refractivity contribution in [1.82, 2.24) is 14.7 Å². The van der Waals surface area contributed by atoms with E-state index in [1.165, 1.54) is 0 Å². The van der Waals surface area contributed by atoms with Crippen molar-refractivity contribution in [2.45, 2.75) is 45.7 Å². The molecule has 1 saturated heterocycles. The number of carbonyl (C=O) groups is 1. The van der Waals surface area contributed by atoms with Crippen molar-refractivity contribution in [1.29, 1.82) is 0 Å². The van der Waals surface area contributed by atoms with Crippen LogP contribution in [0.2, 0.25) is 0 Å². The second-order valence-corrected chi connectivity index (χ2v) is 6.38. The fourth-order valence-electron chi connectivity index (χ4n) is 2.50. The van der Waals surface area contributed by atoms with Gasteiger partial charge in [0.25, 0.3) is 5.91 Å². The van der Waals surface area contributed by atoms with E-state index in [0.717, 1.165) is 48.6 Å². The average molecular weight is 281 g/mol. The van der Waals surface area contributed by atoms with Crippen molar-refractivity contribution in [3.8, 4) is 0 Å². The lowest BCUT2D eigenvalue weighted by molar-refractivity contribution is 0.0722. The number of thioether (sulfide) groups is 1. The summed E-state index contributed by atoms with van der Waals surface area (Å²) in [6.07, 6.45) is 5.14. The first kappa shape index (κ1) is 14.4. The van der Waals surface area contributed by atoms with Gasteiger partial charge in [-0.3, -0.25) is 9.48 Å². The van der Waals surface area contributed by atoms with Gasteiger partial charge >= 0.3 is 0 Å². The van der Waals surface area contributed by atoms with Crippen LogP contribution in [0.4, 0.5) is 0 Å². The Morgan fingerprint density at radius 2 is 2.21 bits per heavy atom. The van der Waals surface area contributed by atoms with Gasteiger partial charge in [0, 0.05) is 25.8 Å². The van der Waals surface area contributed by atoms with Crippen molar-refractivity contribution in [3.05, 3.63) is 17.5 Å². The molecule has 1 aliphatic heterocycles. The van der Waals surface area contributed by atoms with Gasteiger partial charge in [-0.2, -0.15) is 16.9 Å². The highest BCUT2D eigenvalue weighted by atomic mass is 32.2. The molecule has 0 aromatic carbocycles. The number of amides is 1. The van der Waals surface area contributed by atoms with E-state index in [4.69, 9.17) is 0 Å². The fourth-order valence-corrected chi connectivity index (χ4v) is 3.58. The smallest absolute Gasteiger partial charge is 0.257 e. The Hall–Kier alpha value is -0.970. The van der Waals surface area contributed by atoms with Crippen LogP contribution in [0.25, 0.3) is 0 Å². The van der Waals surface area contributed by atoms with E-state index in [0.29, 0.717) is 6.04 Å².